The van der Waals surface area contributed by atoms with Crippen LogP contribution in [0.2, 0.25) is 5.02 Å². The van der Waals surface area contributed by atoms with Crippen molar-refractivity contribution in [2.24, 2.45) is 5.73 Å². The van der Waals surface area contributed by atoms with Crippen LogP contribution in [0.3, 0.4) is 0 Å². The molecule has 108 valence electrons. The van der Waals surface area contributed by atoms with Gasteiger partial charge in [-0.3, -0.25) is 0 Å². The van der Waals surface area contributed by atoms with E-state index in [0.29, 0.717) is 25.1 Å². The third-order valence-electron chi connectivity index (χ3n) is 2.53. The van der Waals surface area contributed by atoms with E-state index in [9.17, 15) is 12.8 Å². The lowest BCUT2D eigenvalue weighted by Gasteiger charge is -2.17. The van der Waals surface area contributed by atoms with Gasteiger partial charge in [-0.15, -0.1) is 0 Å². The number of hydrogen-bond acceptors (Lipinski definition) is 3. The molecule has 0 spiro atoms. The number of nitrogens with two attached hydrogens (primary N) is 1. The minimum atomic E-state index is -3.56. The summed E-state index contributed by atoms with van der Waals surface area (Å²) >= 11 is 5.62. The van der Waals surface area contributed by atoms with Gasteiger partial charge in [0.25, 0.3) is 10.2 Å². The van der Waals surface area contributed by atoms with Crippen molar-refractivity contribution in [3.63, 3.8) is 0 Å². The predicted molar refractivity (Wildman–Crippen MR) is 73.5 cm³/mol. The fourth-order valence-electron chi connectivity index (χ4n) is 1.37. The Morgan fingerprint density at radius 2 is 2.16 bits per heavy atom. The second kappa shape index (κ2) is 7.16. The van der Waals surface area contributed by atoms with Gasteiger partial charge in [-0.2, -0.15) is 17.4 Å². The Labute approximate surface area is 117 Å². The van der Waals surface area contributed by atoms with Crippen LogP contribution in [0.5, 0.6) is 0 Å². The Morgan fingerprint density at radius 3 is 2.74 bits per heavy atom. The molecule has 0 amide bonds. The third-order valence-corrected chi connectivity index (χ3v) is 4.33. The molecule has 8 heteroatoms. The van der Waals surface area contributed by atoms with Crippen LogP contribution in [0, 0.1) is 5.82 Å². The van der Waals surface area contributed by atoms with E-state index in [1.54, 1.807) is 0 Å². The summed E-state index contributed by atoms with van der Waals surface area (Å²) in [6, 6.07) is 4.06. The number of rotatable bonds is 7. The normalized spacial score (nSPS) is 12.1. The molecule has 1 aromatic rings. The molecule has 0 heterocycles. The van der Waals surface area contributed by atoms with E-state index >= 15 is 0 Å². The number of halogens is 2. The Balaban J connectivity index is 2.62. The quantitative estimate of drug-likeness (QED) is 0.792. The Hall–Kier alpha value is -0.730. The standard InChI is InChI=1S/C11H17ClFN3O2S/c1-16(6-2-5-14)19(17,18)15-8-9-3-4-11(13)10(12)7-9/h3-4,7,15H,2,5-6,8,14H2,1H3. The second-order valence-corrected chi connectivity index (χ2v) is 6.31. The van der Waals surface area contributed by atoms with E-state index in [0.717, 1.165) is 0 Å². The zero-order chi connectivity index (χ0) is 14.5. The molecule has 0 aliphatic carbocycles. The molecule has 0 fully saturated rings. The average Bonchev–Trinajstić information content (AvgIpc) is 2.37. The smallest absolute Gasteiger partial charge is 0.279 e. The van der Waals surface area contributed by atoms with E-state index in [1.165, 1.54) is 29.6 Å². The fourth-order valence-corrected chi connectivity index (χ4v) is 2.51. The topological polar surface area (TPSA) is 75.4 Å². The number of nitrogens with zero attached hydrogens (tertiary/aromatic N) is 1. The maximum absolute atomic E-state index is 12.9. The van der Waals surface area contributed by atoms with Crippen molar-refractivity contribution in [1.82, 2.24) is 9.03 Å². The van der Waals surface area contributed by atoms with Gasteiger partial charge in [-0.1, -0.05) is 17.7 Å². The maximum Gasteiger partial charge on any atom is 0.279 e. The molecule has 3 N–H and O–H groups in total. The van der Waals surface area contributed by atoms with Gasteiger partial charge in [0.15, 0.2) is 0 Å². The third kappa shape index (κ3) is 5.04. The van der Waals surface area contributed by atoms with Gasteiger partial charge in [0.2, 0.25) is 0 Å². The minimum Gasteiger partial charge on any atom is -0.330 e. The molecule has 0 aliphatic heterocycles. The Morgan fingerprint density at radius 1 is 1.47 bits per heavy atom. The van der Waals surface area contributed by atoms with Gasteiger partial charge in [-0.05, 0) is 30.7 Å². The van der Waals surface area contributed by atoms with Crippen molar-refractivity contribution in [1.29, 1.82) is 0 Å². The van der Waals surface area contributed by atoms with Gasteiger partial charge < -0.3 is 5.73 Å². The number of nitrogens with one attached hydrogen (secondary N) is 1. The molecule has 0 bridgehead atoms. The van der Waals surface area contributed by atoms with E-state index < -0.39 is 16.0 Å². The highest BCUT2D eigenvalue weighted by molar-refractivity contribution is 7.87. The van der Waals surface area contributed by atoms with E-state index in [4.69, 9.17) is 17.3 Å². The summed E-state index contributed by atoms with van der Waals surface area (Å²) in [6.45, 7) is 0.818. The van der Waals surface area contributed by atoms with Gasteiger partial charge in [0, 0.05) is 20.1 Å². The zero-order valence-corrected chi connectivity index (χ0v) is 12.1. The summed E-state index contributed by atoms with van der Waals surface area (Å²) in [6.07, 6.45) is 0.583. The molecule has 0 saturated carbocycles. The van der Waals surface area contributed by atoms with Crippen molar-refractivity contribution < 1.29 is 12.8 Å². The van der Waals surface area contributed by atoms with Crippen LogP contribution < -0.4 is 10.5 Å². The molecule has 0 aliphatic rings. The highest BCUT2D eigenvalue weighted by Crippen LogP contribution is 2.16. The molecule has 1 rings (SSSR count). The monoisotopic (exact) mass is 309 g/mol. The SMILES string of the molecule is CN(CCCN)S(=O)(=O)NCc1ccc(F)c(Cl)c1. The van der Waals surface area contributed by atoms with Gasteiger partial charge in [0.05, 0.1) is 5.02 Å². The summed E-state index contributed by atoms with van der Waals surface area (Å²) in [4.78, 5) is 0. The fraction of sp³-hybridized carbons (Fsp3) is 0.455. The molecule has 0 aromatic heterocycles. The predicted octanol–water partition coefficient (Wildman–Crippen LogP) is 1.09. The first-order valence-electron chi connectivity index (χ1n) is 5.71. The zero-order valence-electron chi connectivity index (χ0n) is 10.6. The second-order valence-electron chi connectivity index (χ2n) is 4.04. The first kappa shape index (κ1) is 16.3. The molecule has 1 aromatic carbocycles. The minimum absolute atomic E-state index is 0.0341. The average molecular weight is 310 g/mol. The molecule has 0 saturated heterocycles. The van der Waals surface area contributed by atoms with Crippen LogP contribution >= 0.6 is 11.6 Å². The number of benzene rings is 1. The Bertz CT molecular complexity index is 525. The largest absolute Gasteiger partial charge is 0.330 e. The lowest BCUT2D eigenvalue weighted by Crippen LogP contribution is -2.38. The van der Waals surface area contributed by atoms with Crippen molar-refractivity contribution in [2.75, 3.05) is 20.1 Å². The molecule has 0 atom stereocenters. The van der Waals surface area contributed by atoms with E-state index in [1.807, 2.05) is 0 Å². The molecule has 0 unspecified atom stereocenters. The van der Waals surface area contributed by atoms with Crippen molar-refractivity contribution in [2.45, 2.75) is 13.0 Å². The van der Waals surface area contributed by atoms with Gasteiger partial charge in [-0.25, -0.2) is 4.39 Å². The lowest BCUT2D eigenvalue weighted by atomic mass is 10.2. The summed E-state index contributed by atoms with van der Waals surface area (Å²) in [5, 5.41) is -0.0341. The van der Waals surface area contributed by atoms with Crippen molar-refractivity contribution >= 4 is 21.8 Å². The summed E-state index contributed by atoms with van der Waals surface area (Å²) in [5.74, 6) is -0.534. The van der Waals surface area contributed by atoms with Crippen LogP contribution in [0.1, 0.15) is 12.0 Å². The summed E-state index contributed by atoms with van der Waals surface area (Å²) < 4.78 is 40.2. The van der Waals surface area contributed by atoms with Crippen molar-refractivity contribution in [3.05, 3.63) is 34.6 Å². The maximum atomic E-state index is 12.9. The number of hydrogen-bond donors (Lipinski definition) is 2. The van der Waals surface area contributed by atoms with Crippen LogP contribution in [-0.4, -0.2) is 32.9 Å². The van der Waals surface area contributed by atoms with Gasteiger partial charge in [0.1, 0.15) is 5.82 Å². The lowest BCUT2D eigenvalue weighted by molar-refractivity contribution is 0.452. The Kier molecular flexibility index (Phi) is 6.15. The summed E-state index contributed by atoms with van der Waals surface area (Å²) in [5.41, 5.74) is 5.91. The van der Waals surface area contributed by atoms with E-state index in [2.05, 4.69) is 4.72 Å². The first-order valence-corrected chi connectivity index (χ1v) is 7.53. The highest BCUT2D eigenvalue weighted by atomic mass is 35.5. The molecule has 0 radical (unpaired) electrons. The van der Waals surface area contributed by atoms with Crippen LogP contribution in [0.25, 0.3) is 0 Å². The first-order chi connectivity index (χ1) is 8.86. The van der Waals surface area contributed by atoms with E-state index in [-0.39, 0.29) is 11.6 Å². The van der Waals surface area contributed by atoms with Crippen LogP contribution in [0.15, 0.2) is 18.2 Å². The van der Waals surface area contributed by atoms with Crippen molar-refractivity contribution in [3.8, 4) is 0 Å². The van der Waals surface area contributed by atoms with Gasteiger partial charge >= 0.3 is 0 Å². The molecule has 5 nitrogen and oxygen atoms in total. The molecular formula is C11H17ClFN3O2S. The highest BCUT2D eigenvalue weighted by Gasteiger charge is 2.16. The molecule has 19 heavy (non-hydrogen) atoms. The van der Waals surface area contributed by atoms with Crippen LogP contribution in [0.4, 0.5) is 4.39 Å². The molecular weight excluding hydrogens is 293 g/mol. The van der Waals surface area contributed by atoms with Crippen LogP contribution in [-0.2, 0) is 16.8 Å². The summed E-state index contributed by atoms with van der Waals surface area (Å²) in [7, 11) is -2.09.